The molecule has 13 rings (SSSR count). The van der Waals surface area contributed by atoms with Crippen LogP contribution in [0.1, 0.15) is 22.3 Å². The molecule has 0 aromatic heterocycles. The second kappa shape index (κ2) is 16.4. The molecule has 0 saturated carbocycles. The maximum Gasteiger partial charge on any atom is 0.180 e. The fourth-order valence-electron chi connectivity index (χ4n) is 11.7. The van der Waals surface area contributed by atoms with Crippen LogP contribution < -0.4 is 25.6 Å². The quantitative estimate of drug-likeness (QED) is 0.147. The van der Waals surface area contributed by atoms with Crippen molar-refractivity contribution >= 4 is 68.4 Å². The van der Waals surface area contributed by atoms with Gasteiger partial charge < -0.3 is 4.90 Å². The van der Waals surface area contributed by atoms with Crippen LogP contribution in [0.3, 0.4) is 0 Å². The van der Waals surface area contributed by atoms with E-state index in [2.05, 4.69) is 278 Å². The van der Waals surface area contributed by atoms with Crippen LogP contribution in [0.4, 0.5) is 17.1 Å². The van der Waals surface area contributed by atoms with Gasteiger partial charge in [-0.25, -0.2) is 0 Å². The molecule has 0 saturated heterocycles. The molecule has 2 aliphatic heterocycles. The SMILES string of the molecule is c1ccc(-c2ccccc2N(c2ccc(-c3cccc4ccccc34)cc2)c2ccc3c(c2)Sc2ccccc2C32c3ccccc3[Si](c3ccccc3)(c3ccccc3)c3ccccc32)cc1. The first-order chi connectivity index (χ1) is 33.7. The summed E-state index contributed by atoms with van der Waals surface area (Å²) in [4.78, 5) is 5.01. The zero-order chi connectivity index (χ0) is 45.1. The Kier molecular flexibility index (Phi) is 9.74. The summed E-state index contributed by atoms with van der Waals surface area (Å²) in [6, 6.07) is 102. The number of fused-ring (bicyclic) bond motifs is 9. The van der Waals surface area contributed by atoms with Gasteiger partial charge >= 0.3 is 0 Å². The lowest BCUT2D eigenvalue weighted by Crippen LogP contribution is -2.79. The predicted octanol–water partition coefficient (Wildman–Crippen LogP) is 14.2. The van der Waals surface area contributed by atoms with Crippen molar-refractivity contribution in [2.24, 2.45) is 0 Å². The molecule has 2 heterocycles. The van der Waals surface area contributed by atoms with Gasteiger partial charge in [0.25, 0.3) is 0 Å². The minimum atomic E-state index is -2.84. The number of nitrogens with zero attached hydrogens (tertiary/aromatic N) is 1. The van der Waals surface area contributed by atoms with Gasteiger partial charge in [-0.3, -0.25) is 0 Å². The maximum absolute atomic E-state index is 2.84. The number of hydrogen-bond acceptors (Lipinski definition) is 2. The van der Waals surface area contributed by atoms with Crippen LogP contribution in [0.2, 0.25) is 0 Å². The molecule has 1 spiro atoms. The van der Waals surface area contributed by atoms with E-state index in [0.717, 1.165) is 17.1 Å². The third kappa shape index (κ3) is 6.10. The van der Waals surface area contributed by atoms with Crippen molar-refractivity contribution in [3.05, 3.63) is 295 Å². The Labute approximate surface area is 403 Å². The summed E-state index contributed by atoms with van der Waals surface area (Å²) >= 11 is 1.90. The van der Waals surface area contributed by atoms with Gasteiger partial charge in [0.15, 0.2) is 8.07 Å². The normalized spacial score (nSPS) is 13.8. The zero-order valence-corrected chi connectivity index (χ0v) is 39.2. The second-order valence-electron chi connectivity index (χ2n) is 17.9. The average molecular weight is 900 g/mol. The minimum Gasteiger partial charge on any atom is -0.310 e. The average Bonchev–Trinajstić information content (AvgIpc) is 3.42. The molecule has 0 N–H and O–H groups in total. The highest BCUT2D eigenvalue weighted by Gasteiger charge is 2.57. The molecule has 3 heteroatoms. The monoisotopic (exact) mass is 899 g/mol. The lowest BCUT2D eigenvalue weighted by Gasteiger charge is -2.51. The van der Waals surface area contributed by atoms with Crippen molar-refractivity contribution in [2.45, 2.75) is 15.2 Å². The zero-order valence-electron chi connectivity index (χ0n) is 37.3. The van der Waals surface area contributed by atoms with Crippen molar-refractivity contribution in [2.75, 3.05) is 4.90 Å². The van der Waals surface area contributed by atoms with Gasteiger partial charge in [0.2, 0.25) is 0 Å². The van der Waals surface area contributed by atoms with Gasteiger partial charge in [-0.1, -0.05) is 248 Å². The molecule has 320 valence electrons. The topological polar surface area (TPSA) is 3.24 Å². The largest absolute Gasteiger partial charge is 0.310 e. The van der Waals surface area contributed by atoms with Crippen LogP contribution in [0.25, 0.3) is 33.0 Å². The number of hydrogen-bond donors (Lipinski definition) is 0. The van der Waals surface area contributed by atoms with Crippen LogP contribution in [-0.2, 0) is 5.41 Å². The Hall–Kier alpha value is -7.95. The highest BCUT2D eigenvalue weighted by molar-refractivity contribution is 7.99. The molecule has 0 bridgehead atoms. The molecule has 0 unspecified atom stereocenters. The van der Waals surface area contributed by atoms with Gasteiger partial charge in [-0.05, 0) is 107 Å². The van der Waals surface area contributed by atoms with E-state index in [1.165, 1.54) is 85.8 Å². The highest BCUT2D eigenvalue weighted by atomic mass is 32.2. The third-order valence-electron chi connectivity index (χ3n) is 14.5. The molecule has 0 fully saturated rings. The van der Waals surface area contributed by atoms with E-state index in [1.54, 1.807) is 0 Å². The molecule has 1 nitrogen and oxygen atoms in total. The van der Waals surface area contributed by atoms with Crippen LogP contribution >= 0.6 is 11.8 Å². The van der Waals surface area contributed by atoms with Crippen molar-refractivity contribution < 1.29 is 0 Å². The molecule has 11 aromatic rings. The standard InChI is InChI=1S/C65H45NSSi/c1-4-21-47(22-5-1)55-30-12-16-35-60(55)66(49-41-39-48(40-42-49)54-31-20-24-46-23-10-11-29-53(46)54)50-43-44-57-62(45-50)67-61-36-17-13-32-56(61)65(57)58-33-14-18-37-63(58)68(51-25-6-2-7-26-51,52-27-8-3-9-28-52)64-38-19-15-34-59(64)65/h1-45H. The van der Waals surface area contributed by atoms with Crippen LogP contribution in [0.5, 0.6) is 0 Å². The van der Waals surface area contributed by atoms with E-state index in [9.17, 15) is 0 Å². The van der Waals surface area contributed by atoms with Gasteiger partial charge in [0, 0.05) is 26.7 Å². The Morgan fingerprint density at radius 1 is 0.338 bits per heavy atom. The smallest absolute Gasteiger partial charge is 0.180 e. The Morgan fingerprint density at radius 3 is 1.54 bits per heavy atom. The lowest BCUT2D eigenvalue weighted by molar-refractivity contribution is 0.707. The fourth-order valence-corrected chi connectivity index (χ4v) is 18.2. The molecule has 2 aliphatic rings. The molecule has 68 heavy (non-hydrogen) atoms. The summed E-state index contributed by atoms with van der Waals surface area (Å²) in [5.41, 5.74) is 13.0. The summed E-state index contributed by atoms with van der Waals surface area (Å²) < 4.78 is 0. The van der Waals surface area contributed by atoms with Gasteiger partial charge in [-0.2, -0.15) is 0 Å². The first-order valence-corrected chi connectivity index (χ1v) is 26.3. The van der Waals surface area contributed by atoms with E-state index < -0.39 is 13.5 Å². The number of rotatable bonds is 7. The summed E-state index contributed by atoms with van der Waals surface area (Å²) in [5.74, 6) is 0. The first-order valence-electron chi connectivity index (χ1n) is 23.5. The van der Waals surface area contributed by atoms with Crippen LogP contribution in [0, 0.1) is 0 Å². The fraction of sp³-hybridized carbons (Fsp3) is 0.0154. The predicted molar refractivity (Wildman–Crippen MR) is 289 cm³/mol. The second-order valence-corrected chi connectivity index (χ2v) is 22.7. The van der Waals surface area contributed by atoms with Crippen molar-refractivity contribution in [1.29, 1.82) is 0 Å². The van der Waals surface area contributed by atoms with E-state index in [4.69, 9.17) is 0 Å². The summed E-state index contributed by atoms with van der Waals surface area (Å²) in [5, 5.41) is 8.18. The first kappa shape index (κ1) is 40.3. The molecular formula is C65H45NSSi. The summed E-state index contributed by atoms with van der Waals surface area (Å²) in [6.07, 6.45) is 0. The molecular weight excluding hydrogens is 855 g/mol. The van der Waals surface area contributed by atoms with Gasteiger partial charge in [0.05, 0.1) is 11.1 Å². The molecule has 0 radical (unpaired) electrons. The molecule has 11 aromatic carbocycles. The van der Waals surface area contributed by atoms with E-state index >= 15 is 0 Å². The number of para-hydroxylation sites is 1. The Bertz CT molecular complexity index is 3570. The summed E-state index contributed by atoms with van der Waals surface area (Å²) in [7, 11) is -2.84. The lowest BCUT2D eigenvalue weighted by atomic mass is 9.64. The molecule has 0 amide bonds. The number of benzene rings is 11. The van der Waals surface area contributed by atoms with Crippen LogP contribution in [0.15, 0.2) is 283 Å². The minimum absolute atomic E-state index is 0.574. The van der Waals surface area contributed by atoms with Crippen molar-refractivity contribution in [3.63, 3.8) is 0 Å². The third-order valence-corrected chi connectivity index (χ3v) is 20.5. The Morgan fingerprint density at radius 2 is 0.838 bits per heavy atom. The van der Waals surface area contributed by atoms with E-state index in [-0.39, 0.29) is 0 Å². The highest BCUT2D eigenvalue weighted by Crippen LogP contribution is 2.57. The van der Waals surface area contributed by atoms with Crippen molar-refractivity contribution in [3.8, 4) is 22.3 Å². The molecule has 0 aliphatic carbocycles. The molecule has 0 atom stereocenters. The Balaban J connectivity index is 1.06. The van der Waals surface area contributed by atoms with E-state index in [1.807, 2.05) is 11.8 Å². The van der Waals surface area contributed by atoms with Gasteiger partial charge in [0.1, 0.15) is 0 Å². The number of anilines is 3. The van der Waals surface area contributed by atoms with Gasteiger partial charge in [-0.15, -0.1) is 0 Å². The van der Waals surface area contributed by atoms with Crippen molar-refractivity contribution in [1.82, 2.24) is 0 Å². The van der Waals surface area contributed by atoms with E-state index in [0.29, 0.717) is 0 Å². The van der Waals surface area contributed by atoms with Crippen LogP contribution in [-0.4, -0.2) is 8.07 Å². The summed E-state index contributed by atoms with van der Waals surface area (Å²) in [6.45, 7) is 0. The maximum atomic E-state index is 2.47.